The van der Waals surface area contributed by atoms with Crippen molar-refractivity contribution in [1.29, 1.82) is 0 Å². The van der Waals surface area contributed by atoms with E-state index in [-0.39, 0.29) is 0 Å². The van der Waals surface area contributed by atoms with E-state index in [2.05, 4.69) is 12.2 Å². The second kappa shape index (κ2) is 8.20. The van der Waals surface area contributed by atoms with Crippen LogP contribution in [0.25, 0.3) is 0 Å². The lowest BCUT2D eigenvalue weighted by Crippen LogP contribution is -2.42. The number of nitrogens with one attached hydrogen (secondary N) is 1. The molecule has 2 N–H and O–H groups in total. The Labute approximate surface area is 116 Å². The molecule has 4 unspecified atom stereocenters. The van der Waals surface area contributed by atoms with E-state index < -0.39 is 6.10 Å². The zero-order valence-corrected chi connectivity index (χ0v) is 12.1. The van der Waals surface area contributed by atoms with Gasteiger partial charge in [0.1, 0.15) is 0 Å². The third-order valence-electron chi connectivity index (χ3n) is 4.22. The average Bonchev–Trinajstić information content (AvgIpc) is 2.44. The summed E-state index contributed by atoms with van der Waals surface area (Å²) in [7, 11) is 0. The number of aliphatic hydroxyl groups excluding tert-OH is 1. The molecule has 112 valence electrons. The maximum atomic E-state index is 9.95. The van der Waals surface area contributed by atoms with E-state index in [0.717, 1.165) is 44.8 Å². The van der Waals surface area contributed by atoms with Gasteiger partial charge in [0, 0.05) is 19.2 Å². The molecule has 0 aromatic rings. The first kappa shape index (κ1) is 15.2. The van der Waals surface area contributed by atoms with Crippen molar-refractivity contribution in [2.24, 2.45) is 5.92 Å². The summed E-state index contributed by atoms with van der Waals surface area (Å²) in [6.45, 7) is 5.00. The van der Waals surface area contributed by atoms with Crippen LogP contribution in [0.5, 0.6) is 0 Å². The lowest BCUT2D eigenvalue weighted by atomic mass is 9.89. The molecule has 2 fully saturated rings. The summed E-state index contributed by atoms with van der Waals surface area (Å²) in [5, 5.41) is 13.3. The highest BCUT2D eigenvalue weighted by molar-refractivity contribution is 4.74. The summed E-state index contributed by atoms with van der Waals surface area (Å²) < 4.78 is 11.2. The van der Waals surface area contributed by atoms with Crippen LogP contribution >= 0.6 is 0 Å². The Morgan fingerprint density at radius 1 is 1.32 bits per heavy atom. The number of hydrogen-bond acceptors (Lipinski definition) is 4. The Hall–Kier alpha value is -0.160. The molecule has 0 bridgehead atoms. The highest BCUT2D eigenvalue weighted by atomic mass is 16.5. The quantitative estimate of drug-likeness (QED) is 0.772. The zero-order valence-electron chi connectivity index (χ0n) is 12.1. The van der Waals surface area contributed by atoms with Gasteiger partial charge in [-0.3, -0.25) is 0 Å². The predicted molar refractivity (Wildman–Crippen MR) is 75.2 cm³/mol. The van der Waals surface area contributed by atoms with E-state index in [9.17, 15) is 5.11 Å². The van der Waals surface area contributed by atoms with E-state index in [1.54, 1.807) is 0 Å². The van der Waals surface area contributed by atoms with Crippen molar-refractivity contribution in [2.45, 2.75) is 63.7 Å². The highest BCUT2D eigenvalue weighted by Crippen LogP contribution is 2.25. The second-order valence-electron chi connectivity index (χ2n) is 6.20. The standard InChI is InChI=1S/C15H29NO3/c1-12-4-2-6-15(8-12)19-11-14(17)9-16-13-5-3-7-18-10-13/h12-17H,2-11H2,1H3. The predicted octanol–water partition coefficient (Wildman–Crippen LogP) is 1.71. The molecule has 0 aromatic carbocycles. The molecule has 19 heavy (non-hydrogen) atoms. The first-order valence-electron chi connectivity index (χ1n) is 7.85. The van der Waals surface area contributed by atoms with Crippen molar-refractivity contribution in [2.75, 3.05) is 26.4 Å². The first-order chi connectivity index (χ1) is 9.24. The van der Waals surface area contributed by atoms with Gasteiger partial charge in [0.15, 0.2) is 0 Å². The molecule has 4 atom stereocenters. The molecule has 1 heterocycles. The van der Waals surface area contributed by atoms with Gasteiger partial charge in [-0.25, -0.2) is 0 Å². The molecular formula is C15H29NO3. The van der Waals surface area contributed by atoms with Crippen molar-refractivity contribution in [3.8, 4) is 0 Å². The van der Waals surface area contributed by atoms with E-state index in [1.165, 1.54) is 12.8 Å². The van der Waals surface area contributed by atoms with E-state index in [1.807, 2.05) is 0 Å². The normalized spacial score (nSPS) is 34.1. The molecular weight excluding hydrogens is 242 g/mol. The molecule has 2 aliphatic rings. The Morgan fingerprint density at radius 2 is 2.21 bits per heavy atom. The van der Waals surface area contributed by atoms with Crippen molar-refractivity contribution >= 4 is 0 Å². The fraction of sp³-hybridized carbons (Fsp3) is 1.00. The van der Waals surface area contributed by atoms with Gasteiger partial charge in [0.05, 0.1) is 25.4 Å². The van der Waals surface area contributed by atoms with Gasteiger partial charge in [0.2, 0.25) is 0 Å². The lowest BCUT2D eigenvalue weighted by molar-refractivity contribution is -0.0327. The summed E-state index contributed by atoms with van der Waals surface area (Å²) in [5.74, 6) is 0.772. The number of hydrogen-bond donors (Lipinski definition) is 2. The molecule has 0 radical (unpaired) electrons. The lowest BCUT2D eigenvalue weighted by Gasteiger charge is -2.28. The van der Waals surface area contributed by atoms with Crippen molar-refractivity contribution in [3.05, 3.63) is 0 Å². The van der Waals surface area contributed by atoms with Gasteiger partial charge in [0.25, 0.3) is 0 Å². The first-order valence-corrected chi connectivity index (χ1v) is 7.85. The summed E-state index contributed by atoms with van der Waals surface area (Å²) in [4.78, 5) is 0. The summed E-state index contributed by atoms with van der Waals surface area (Å²) in [6, 6.07) is 0.401. The van der Waals surface area contributed by atoms with Crippen molar-refractivity contribution < 1.29 is 14.6 Å². The fourth-order valence-corrected chi connectivity index (χ4v) is 3.04. The molecule has 1 aliphatic heterocycles. The van der Waals surface area contributed by atoms with Crippen LogP contribution in [0, 0.1) is 5.92 Å². The van der Waals surface area contributed by atoms with Crippen LogP contribution < -0.4 is 5.32 Å². The van der Waals surface area contributed by atoms with Crippen LogP contribution in [-0.2, 0) is 9.47 Å². The Morgan fingerprint density at radius 3 is 2.95 bits per heavy atom. The number of aliphatic hydroxyl groups is 1. The van der Waals surface area contributed by atoms with Gasteiger partial charge >= 0.3 is 0 Å². The molecule has 1 saturated carbocycles. The fourth-order valence-electron chi connectivity index (χ4n) is 3.04. The smallest absolute Gasteiger partial charge is 0.0897 e. The van der Waals surface area contributed by atoms with Gasteiger partial charge in [-0.05, 0) is 31.6 Å². The molecule has 1 saturated heterocycles. The molecule has 4 heteroatoms. The van der Waals surface area contributed by atoms with Crippen molar-refractivity contribution in [3.63, 3.8) is 0 Å². The molecule has 2 rings (SSSR count). The van der Waals surface area contributed by atoms with Gasteiger partial charge in [-0.2, -0.15) is 0 Å². The maximum Gasteiger partial charge on any atom is 0.0897 e. The van der Waals surface area contributed by atoms with Crippen LogP contribution in [0.4, 0.5) is 0 Å². The summed E-state index contributed by atoms with van der Waals surface area (Å²) in [6.07, 6.45) is 7.11. The topological polar surface area (TPSA) is 50.7 Å². The Balaban J connectivity index is 1.54. The van der Waals surface area contributed by atoms with E-state index >= 15 is 0 Å². The second-order valence-corrected chi connectivity index (χ2v) is 6.20. The molecule has 0 spiro atoms. The van der Waals surface area contributed by atoms with Crippen LogP contribution in [0.15, 0.2) is 0 Å². The third-order valence-corrected chi connectivity index (χ3v) is 4.22. The maximum absolute atomic E-state index is 9.95. The van der Waals surface area contributed by atoms with E-state index in [0.29, 0.717) is 25.3 Å². The SMILES string of the molecule is CC1CCCC(OCC(O)CNC2CCCOC2)C1. The van der Waals surface area contributed by atoms with Crippen LogP contribution in [0.1, 0.15) is 45.4 Å². The monoisotopic (exact) mass is 271 g/mol. The summed E-state index contributed by atoms with van der Waals surface area (Å²) in [5.41, 5.74) is 0. The summed E-state index contributed by atoms with van der Waals surface area (Å²) >= 11 is 0. The van der Waals surface area contributed by atoms with Crippen LogP contribution in [0.2, 0.25) is 0 Å². The minimum atomic E-state index is -0.404. The molecule has 0 amide bonds. The largest absolute Gasteiger partial charge is 0.389 e. The van der Waals surface area contributed by atoms with Gasteiger partial charge in [-0.1, -0.05) is 19.8 Å². The molecule has 0 aromatic heterocycles. The highest BCUT2D eigenvalue weighted by Gasteiger charge is 2.20. The Kier molecular flexibility index (Phi) is 6.57. The van der Waals surface area contributed by atoms with Crippen LogP contribution in [-0.4, -0.2) is 49.7 Å². The minimum absolute atomic E-state index is 0.358. The third kappa shape index (κ3) is 5.78. The van der Waals surface area contributed by atoms with Gasteiger partial charge in [-0.15, -0.1) is 0 Å². The average molecular weight is 271 g/mol. The van der Waals surface area contributed by atoms with Gasteiger partial charge < -0.3 is 19.9 Å². The molecule has 4 nitrogen and oxygen atoms in total. The zero-order chi connectivity index (χ0) is 13.5. The number of rotatable bonds is 6. The number of ether oxygens (including phenoxy) is 2. The van der Waals surface area contributed by atoms with E-state index in [4.69, 9.17) is 9.47 Å². The van der Waals surface area contributed by atoms with Crippen molar-refractivity contribution in [1.82, 2.24) is 5.32 Å². The Bertz CT molecular complexity index is 244. The molecule has 1 aliphatic carbocycles. The minimum Gasteiger partial charge on any atom is -0.389 e. The van der Waals surface area contributed by atoms with Crippen LogP contribution in [0.3, 0.4) is 0 Å².